The summed E-state index contributed by atoms with van der Waals surface area (Å²) < 4.78 is 35.6. The third-order valence-electron chi connectivity index (χ3n) is 7.29. The van der Waals surface area contributed by atoms with Gasteiger partial charge in [0.25, 0.3) is 10.0 Å². The lowest BCUT2D eigenvalue weighted by Gasteiger charge is -2.35. The summed E-state index contributed by atoms with van der Waals surface area (Å²) in [4.78, 5) is 30.2. The van der Waals surface area contributed by atoms with E-state index in [0.29, 0.717) is 12.4 Å². The number of nitrogens with one attached hydrogen (secondary N) is 1. The summed E-state index contributed by atoms with van der Waals surface area (Å²) in [5.41, 5.74) is 2.24. The van der Waals surface area contributed by atoms with Gasteiger partial charge in [0.2, 0.25) is 11.8 Å². The maximum Gasteiger partial charge on any atom is 0.264 e. The van der Waals surface area contributed by atoms with Crippen LogP contribution in [0.2, 0.25) is 0 Å². The van der Waals surface area contributed by atoms with Gasteiger partial charge in [0, 0.05) is 18.5 Å². The Morgan fingerprint density at radius 2 is 1.37 bits per heavy atom. The number of carbonyl (C=O) groups excluding carboxylic acids is 2. The highest BCUT2D eigenvalue weighted by Crippen LogP contribution is 2.33. The number of sulfonamides is 1. The van der Waals surface area contributed by atoms with Crippen molar-refractivity contribution < 1.29 is 22.7 Å². The molecule has 8 nitrogen and oxygen atoms in total. The van der Waals surface area contributed by atoms with Gasteiger partial charge in [-0.3, -0.25) is 13.9 Å². The van der Waals surface area contributed by atoms with Crippen molar-refractivity contribution in [3.63, 3.8) is 0 Å². The topological polar surface area (TPSA) is 96.0 Å². The van der Waals surface area contributed by atoms with Gasteiger partial charge in [0.05, 0.1) is 17.2 Å². The average molecular weight is 642 g/mol. The lowest BCUT2D eigenvalue weighted by Crippen LogP contribution is -2.56. The first-order valence-electron chi connectivity index (χ1n) is 15.4. The van der Waals surface area contributed by atoms with Gasteiger partial charge in [-0.1, -0.05) is 90.5 Å². The van der Waals surface area contributed by atoms with Crippen LogP contribution in [0.15, 0.2) is 114 Å². The second-order valence-corrected chi connectivity index (χ2v) is 14.0. The van der Waals surface area contributed by atoms with Gasteiger partial charge in [-0.15, -0.1) is 0 Å². The average Bonchev–Trinajstić information content (AvgIpc) is 3.02. The zero-order valence-electron chi connectivity index (χ0n) is 27.1. The molecule has 0 aliphatic carbocycles. The normalized spacial score (nSPS) is 12.2. The molecular formula is C37H43N3O5S. The third kappa shape index (κ3) is 8.97. The van der Waals surface area contributed by atoms with E-state index in [2.05, 4.69) is 5.32 Å². The van der Waals surface area contributed by atoms with Crippen LogP contribution in [0.3, 0.4) is 0 Å². The number of nitrogens with zero attached hydrogens (tertiary/aromatic N) is 2. The Hall–Kier alpha value is -4.63. The molecule has 0 radical (unpaired) electrons. The number of ether oxygens (including phenoxy) is 1. The summed E-state index contributed by atoms with van der Waals surface area (Å²) in [5, 5.41) is 3.05. The molecule has 2 amide bonds. The lowest BCUT2D eigenvalue weighted by atomic mass is 10.0. The molecule has 1 N–H and O–H groups in total. The smallest absolute Gasteiger partial charge is 0.264 e. The van der Waals surface area contributed by atoms with Crippen LogP contribution in [-0.2, 0) is 32.6 Å². The van der Waals surface area contributed by atoms with Crippen LogP contribution in [0.5, 0.6) is 5.75 Å². The Kier molecular flexibility index (Phi) is 11.2. The molecule has 0 heterocycles. The minimum absolute atomic E-state index is 0.0399. The number of anilines is 1. The first-order chi connectivity index (χ1) is 21.9. The summed E-state index contributed by atoms with van der Waals surface area (Å²) in [6.07, 6.45) is 0.238. The van der Waals surface area contributed by atoms with Gasteiger partial charge < -0.3 is 15.0 Å². The first-order valence-corrected chi connectivity index (χ1v) is 16.8. The van der Waals surface area contributed by atoms with E-state index in [1.165, 1.54) is 17.0 Å². The number of benzene rings is 4. The molecule has 0 bridgehead atoms. The number of para-hydroxylation sites is 2. The number of amides is 2. The standard InChI is InChI=1S/C37H43N3O5S/c1-6-45-34-20-14-13-19-32(34)40(46(43,44)31-23-21-28(2)22-24-31)27-35(41)39(26-30-17-11-8-12-18-30)33(36(42)38-37(3,4)5)25-29-15-9-7-10-16-29/h7-24,33H,6,25-27H2,1-5H3,(H,38,42)/t33-/m0/s1. The minimum atomic E-state index is -4.24. The SMILES string of the molecule is CCOc1ccccc1N(CC(=O)N(Cc1ccccc1)[C@@H](Cc1ccccc1)C(=O)NC(C)(C)C)S(=O)(=O)c1ccc(C)cc1. The minimum Gasteiger partial charge on any atom is -0.492 e. The van der Waals surface area contributed by atoms with Crippen molar-refractivity contribution in [2.45, 2.75) is 64.1 Å². The molecule has 46 heavy (non-hydrogen) atoms. The highest BCUT2D eigenvalue weighted by atomic mass is 32.2. The maximum absolute atomic E-state index is 14.6. The van der Waals surface area contributed by atoms with Crippen LogP contribution in [0, 0.1) is 6.92 Å². The Morgan fingerprint density at radius 3 is 1.96 bits per heavy atom. The van der Waals surface area contributed by atoms with Crippen molar-refractivity contribution in [2.24, 2.45) is 0 Å². The number of rotatable bonds is 13. The first kappa shape index (κ1) is 34.2. The molecule has 0 fully saturated rings. The monoisotopic (exact) mass is 641 g/mol. The molecule has 0 aromatic heterocycles. The van der Waals surface area contributed by atoms with E-state index in [9.17, 15) is 18.0 Å². The molecule has 4 rings (SSSR count). The zero-order chi connectivity index (χ0) is 33.3. The van der Waals surface area contributed by atoms with E-state index in [1.807, 2.05) is 95.3 Å². The van der Waals surface area contributed by atoms with E-state index < -0.39 is 34.1 Å². The number of carbonyl (C=O) groups is 2. The van der Waals surface area contributed by atoms with Crippen molar-refractivity contribution in [3.05, 3.63) is 126 Å². The Labute approximate surface area is 273 Å². The zero-order valence-corrected chi connectivity index (χ0v) is 28.0. The number of aryl methyl sites for hydroxylation is 1. The molecule has 0 aliphatic rings. The fourth-order valence-corrected chi connectivity index (χ4v) is 6.50. The van der Waals surface area contributed by atoms with E-state index >= 15 is 0 Å². The van der Waals surface area contributed by atoms with Crippen molar-refractivity contribution >= 4 is 27.5 Å². The molecule has 4 aromatic carbocycles. The predicted molar refractivity (Wildman–Crippen MR) is 182 cm³/mol. The molecule has 9 heteroatoms. The molecule has 0 unspecified atom stereocenters. The highest BCUT2D eigenvalue weighted by molar-refractivity contribution is 7.92. The second kappa shape index (κ2) is 15.1. The quantitative estimate of drug-likeness (QED) is 0.189. The van der Waals surface area contributed by atoms with Crippen molar-refractivity contribution in [3.8, 4) is 5.75 Å². The molecule has 4 aromatic rings. The van der Waals surface area contributed by atoms with E-state index in [1.54, 1.807) is 36.4 Å². The molecular weight excluding hydrogens is 598 g/mol. The summed E-state index contributed by atoms with van der Waals surface area (Å²) >= 11 is 0. The lowest BCUT2D eigenvalue weighted by molar-refractivity contribution is -0.140. The summed E-state index contributed by atoms with van der Waals surface area (Å²) in [5.74, 6) is -0.534. The van der Waals surface area contributed by atoms with E-state index in [0.717, 1.165) is 21.0 Å². The summed E-state index contributed by atoms with van der Waals surface area (Å²) in [6, 6.07) is 31.2. The third-order valence-corrected chi connectivity index (χ3v) is 9.06. The largest absolute Gasteiger partial charge is 0.492 e. The fourth-order valence-electron chi connectivity index (χ4n) is 5.08. The molecule has 0 spiro atoms. The molecule has 0 aliphatic heterocycles. The van der Waals surface area contributed by atoms with Gasteiger partial charge in [-0.25, -0.2) is 8.42 Å². The van der Waals surface area contributed by atoms with Crippen molar-refractivity contribution in [2.75, 3.05) is 17.5 Å². The van der Waals surface area contributed by atoms with Gasteiger partial charge in [0.1, 0.15) is 18.3 Å². The Morgan fingerprint density at radius 1 is 0.804 bits per heavy atom. The summed E-state index contributed by atoms with van der Waals surface area (Å²) in [6.45, 7) is 9.18. The van der Waals surface area contributed by atoms with Crippen LogP contribution >= 0.6 is 0 Å². The van der Waals surface area contributed by atoms with Crippen molar-refractivity contribution in [1.29, 1.82) is 0 Å². The highest BCUT2D eigenvalue weighted by Gasteiger charge is 2.36. The van der Waals surface area contributed by atoms with Crippen LogP contribution in [0.1, 0.15) is 44.4 Å². The maximum atomic E-state index is 14.6. The number of hydrogen-bond donors (Lipinski definition) is 1. The summed E-state index contributed by atoms with van der Waals surface area (Å²) in [7, 11) is -4.24. The fraction of sp³-hybridized carbons (Fsp3) is 0.297. The van der Waals surface area contributed by atoms with E-state index in [4.69, 9.17) is 4.74 Å². The van der Waals surface area contributed by atoms with Gasteiger partial charge in [-0.2, -0.15) is 0 Å². The van der Waals surface area contributed by atoms with Gasteiger partial charge >= 0.3 is 0 Å². The van der Waals surface area contributed by atoms with Crippen molar-refractivity contribution in [1.82, 2.24) is 10.2 Å². The Bertz CT molecular complexity index is 1700. The van der Waals surface area contributed by atoms with Crippen LogP contribution in [-0.4, -0.2) is 49.9 Å². The molecule has 242 valence electrons. The van der Waals surface area contributed by atoms with Crippen LogP contribution in [0.4, 0.5) is 5.69 Å². The van der Waals surface area contributed by atoms with Crippen LogP contribution in [0.25, 0.3) is 0 Å². The number of hydrogen-bond acceptors (Lipinski definition) is 5. The van der Waals surface area contributed by atoms with E-state index in [-0.39, 0.29) is 29.5 Å². The molecule has 0 saturated carbocycles. The molecule has 1 atom stereocenters. The van der Waals surface area contributed by atoms with Gasteiger partial charge in [-0.05, 0) is 70.0 Å². The molecule has 0 saturated heterocycles. The Balaban J connectivity index is 1.84. The van der Waals surface area contributed by atoms with Crippen LogP contribution < -0.4 is 14.4 Å². The van der Waals surface area contributed by atoms with Gasteiger partial charge in [0.15, 0.2) is 0 Å². The predicted octanol–water partition coefficient (Wildman–Crippen LogP) is 6.14. The second-order valence-electron chi connectivity index (χ2n) is 12.2.